The van der Waals surface area contributed by atoms with Crippen molar-refractivity contribution in [1.29, 1.82) is 0 Å². The summed E-state index contributed by atoms with van der Waals surface area (Å²) < 4.78 is 5.49. The highest BCUT2D eigenvalue weighted by atomic mass is 32.2. The van der Waals surface area contributed by atoms with Gasteiger partial charge in [0.1, 0.15) is 0 Å². The fraction of sp³-hybridized carbons (Fsp3) is 0.818. The maximum atomic E-state index is 5.49. The first-order chi connectivity index (χ1) is 7.51. The molecule has 0 fully saturated rings. The third-order valence-corrected chi connectivity index (χ3v) is 2.53. The molecule has 1 aromatic heterocycles. The van der Waals surface area contributed by atoms with Gasteiger partial charge in [-0.05, 0) is 40.0 Å². The number of hydrogen-bond acceptors (Lipinski definition) is 5. The zero-order valence-corrected chi connectivity index (χ0v) is 11.4. The van der Waals surface area contributed by atoms with Crippen LogP contribution in [0.25, 0.3) is 0 Å². The SMILES string of the molecule is CSCc1nnc(CCCNC(C)(C)C)o1. The first-order valence-corrected chi connectivity index (χ1v) is 6.96. The number of aryl methyl sites for hydroxylation is 1. The Hall–Kier alpha value is -0.550. The maximum Gasteiger partial charge on any atom is 0.226 e. The van der Waals surface area contributed by atoms with Gasteiger partial charge in [-0.3, -0.25) is 0 Å². The zero-order chi connectivity index (χ0) is 12.0. The van der Waals surface area contributed by atoms with Crippen LogP contribution in [0.3, 0.4) is 0 Å². The highest BCUT2D eigenvalue weighted by Crippen LogP contribution is 2.08. The van der Waals surface area contributed by atoms with E-state index < -0.39 is 0 Å². The second-order valence-electron chi connectivity index (χ2n) is 4.80. The Bertz CT molecular complexity index is 306. The number of aromatic nitrogens is 2. The van der Waals surface area contributed by atoms with E-state index in [-0.39, 0.29) is 5.54 Å². The van der Waals surface area contributed by atoms with Crippen LogP contribution in [-0.2, 0) is 12.2 Å². The topological polar surface area (TPSA) is 51.0 Å². The first kappa shape index (κ1) is 13.5. The molecule has 0 saturated carbocycles. The van der Waals surface area contributed by atoms with Gasteiger partial charge in [0.2, 0.25) is 11.8 Å². The molecule has 1 N–H and O–H groups in total. The Labute approximate surface area is 102 Å². The summed E-state index contributed by atoms with van der Waals surface area (Å²) in [5.41, 5.74) is 0.179. The average molecular weight is 243 g/mol. The smallest absolute Gasteiger partial charge is 0.226 e. The second kappa shape index (κ2) is 6.25. The summed E-state index contributed by atoms with van der Waals surface area (Å²) in [6.07, 6.45) is 3.90. The zero-order valence-electron chi connectivity index (χ0n) is 10.5. The minimum absolute atomic E-state index is 0.179. The summed E-state index contributed by atoms with van der Waals surface area (Å²) >= 11 is 1.69. The molecule has 0 aliphatic heterocycles. The monoisotopic (exact) mass is 243 g/mol. The van der Waals surface area contributed by atoms with Gasteiger partial charge in [-0.25, -0.2) is 0 Å². The van der Waals surface area contributed by atoms with Crippen molar-refractivity contribution in [1.82, 2.24) is 15.5 Å². The van der Waals surface area contributed by atoms with Gasteiger partial charge in [0.15, 0.2) is 0 Å². The van der Waals surface area contributed by atoms with Gasteiger partial charge in [-0.15, -0.1) is 10.2 Å². The molecular formula is C11H21N3OS. The molecule has 0 aromatic carbocycles. The van der Waals surface area contributed by atoms with Gasteiger partial charge in [0.05, 0.1) is 5.75 Å². The van der Waals surface area contributed by atoms with Crippen LogP contribution in [0.2, 0.25) is 0 Å². The summed E-state index contributed by atoms with van der Waals surface area (Å²) in [4.78, 5) is 0. The Morgan fingerprint density at radius 1 is 1.25 bits per heavy atom. The predicted octanol–water partition coefficient (Wildman–Crippen LogP) is 2.25. The summed E-state index contributed by atoms with van der Waals surface area (Å²) in [5, 5.41) is 11.4. The van der Waals surface area contributed by atoms with Gasteiger partial charge in [0.25, 0.3) is 0 Å². The van der Waals surface area contributed by atoms with E-state index in [9.17, 15) is 0 Å². The van der Waals surface area contributed by atoms with Crippen LogP contribution in [0.15, 0.2) is 4.42 Å². The van der Waals surface area contributed by atoms with Gasteiger partial charge in [0, 0.05) is 12.0 Å². The number of thioether (sulfide) groups is 1. The Morgan fingerprint density at radius 2 is 1.94 bits per heavy atom. The third kappa shape index (κ3) is 5.51. The highest BCUT2D eigenvalue weighted by molar-refractivity contribution is 7.97. The summed E-state index contributed by atoms with van der Waals surface area (Å²) in [6, 6.07) is 0. The number of hydrogen-bond donors (Lipinski definition) is 1. The second-order valence-corrected chi connectivity index (χ2v) is 5.67. The Morgan fingerprint density at radius 3 is 2.56 bits per heavy atom. The normalized spacial score (nSPS) is 12.0. The predicted molar refractivity (Wildman–Crippen MR) is 67.6 cm³/mol. The van der Waals surface area contributed by atoms with Gasteiger partial charge in [-0.2, -0.15) is 11.8 Å². The van der Waals surface area contributed by atoms with E-state index in [0.717, 1.165) is 36.9 Å². The average Bonchev–Trinajstić information content (AvgIpc) is 2.60. The molecule has 0 bridgehead atoms. The highest BCUT2D eigenvalue weighted by Gasteiger charge is 2.09. The van der Waals surface area contributed by atoms with Crippen LogP contribution in [-0.4, -0.2) is 28.5 Å². The van der Waals surface area contributed by atoms with E-state index in [1.807, 2.05) is 6.26 Å². The molecule has 4 nitrogen and oxygen atoms in total. The quantitative estimate of drug-likeness (QED) is 0.777. The lowest BCUT2D eigenvalue weighted by atomic mass is 10.1. The molecule has 16 heavy (non-hydrogen) atoms. The van der Waals surface area contributed by atoms with Crippen molar-refractivity contribution in [2.75, 3.05) is 12.8 Å². The van der Waals surface area contributed by atoms with Crippen molar-refractivity contribution in [2.24, 2.45) is 0 Å². The minimum atomic E-state index is 0.179. The molecule has 0 spiro atoms. The number of rotatable bonds is 6. The molecule has 1 aromatic rings. The van der Waals surface area contributed by atoms with Crippen LogP contribution in [0.4, 0.5) is 0 Å². The molecule has 1 rings (SSSR count). The molecule has 0 radical (unpaired) electrons. The van der Waals surface area contributed by atoms with Crippen LogP contribution in [0.5, 0.6) is 0 Å². The molecule has 92 valence electrons. The maximum absolute atomic E-state index is 5.49. The number of nitrogens with zero attached hydrogens (tertiary/aromatic N) is 2. The van der Waals surface area contributed by atoms with Crippen molar-refractivity contribution >= 4 is 11.8 Å². The molecule has 0 saturated heterocycles. The van der Waals surface area contributed by atoms with E-state index >= 15 is 0 Å². The molecule has 0 aliphatic carbocycles. The van der Waals surface area contributed by atoms with Gasteiger partial charge in [-0.1, -0.05) is 0 Å². The van der Waals surface area contributed by atoms with Gasteiger partial charge >= 0.3 is 0 Å². The van der Waals surface area contributed by atoms with Crippen LogP contribution >= 0.6 is 11.8 Å². The lowest BCUT2D eigenvalue weighted by Gasteiger charge is -2.19. The largest absolute Gasteiger partial charge is 0.424 e. The van der Waals surface area contributed by atoms with Crippen LogP contribution in [0.1, 0.15) is 39.0 Å². The van der Waals surface area contributed by atoms with Crippen molar-refractivity contribution in [3.8, 4) is 0 Å². The van der Waals surface area contributed by atoms with Crippen molar-refractivity contribution < 1.29 is 4.42 Å². The molecule has 0 atom stereocenters. The molecule has 0 aliphatic rings. The Balaban J connectivity index is 2.21. The van der Waals surface area contributed by atoms with Crippen molar-refractivity contribution in [2.45, 2.75) is 44.9 Å². The van der Waals surface area contributed by atoms with Crippen LogP contribution in [0, 0.1) is 0 Å². The van der Waals surface area contributed by atoms with E-state index in [0.29, 0.717) is 0 Å². The fourth-order valence-corrected chi connectivity index (χ4v) is 1.64. The molecule has 0 amide bonds. The van der Waals surface area contributed by atoms with Crippen molar-refractivity contribution in [3.05, 3.63) is 11.8 Å². The third-order valence-electron chi connectivity index (χ3n) is 2.00. The molecular weight excluding hydrogens is 222 g/mol. The first-order valence-electron chi connectivity index (χ1n) is 5.56. The molecule has 5 heteroatoms. The lowest BCUT2D eigenvalue weighted by molar-refractivity contribution is 0.408. The minimum Gasteiger partial charge on any atom is -0.424 e. The van der Waals surface area contributed by atoms with Gasteiger partial charge < -0.3 is 9.73 Å². The summed E-state index contributed by atoms with van der Waals surface area (Å²) in [7, 11) is 0. The lowest BCUT2D eigenvalue weighted by Crippen LogP contribution is -2.36. The Kier molecular flexibility index (Phi) is 5.28. The van der Waals surface area contributed by atoms with E-state index in [2.05, 4.69) is 36.3 Å². The van der Waals surface area contributed by atoms with E-state index in [4.69, 9.17) is 4.42 Å². The van der Waals surface area contributed by atoms with Crippen LogP contribution < -0.4 is 5.32 Å². The van der Waals surface area contributed by atoms with E-state index in [1.165, 1.54) is 0 Å². The summed E-state index contributed by atoms with van der Waals surface area (Å²) in [6.45, 7) is 7.46. The van der Waals surface area contributed by atoms with Crippen molar-refractivity contribution in [3.63, 3.8) is 0 Å². The van der Waals surface area contributed by atoms with E-state index in [1.54, 1.807) is 11.8 Å². The standard InChI is InChI=1S/C11H21N3OS/c1-11(2,3)12-7-5-6-9-13-14-10(15-9)8-16-4/h12H,5-8H2,1-4H3. The number of nitrogens with one attached hydrogen (secondary N) is 1. The fourth-order valence-electron chi connectivity index (χ4n) is 1.27. The summed E-state index contributed by atoms with van der Waals surface area (Å²) in [5.74, 6) is 2.28. The molecule has 0 unspecified atom stereocenters. The molecule has 1 heterocycles.